The molecular formula is C54H35NOS. The number of nitrogens with zero attached hydrogens (tertiary/aromatic N) is 1. The van der Waals surface area contributed by atoms with Crippen LogP contribution >= 0.6 is 11.3 Å². The number of fused-ring (bicyclic) bond motifs is 6. The second kappa shape index (κ2) is 13.8. The minimum Gasteiger partial charge on any atom is -0.454 e. The first-order valence-corrected chi connectivity index (χ1v) is 20.1. The highest BCUT2D eigenvalue weighted by Gasteiger charge is 2.23. The summed E-state index contributed by atoms with van der Waals surface area (Å²) in [6.07, 6.45) is 0. The molecule has 2 aromatic heterocycles. The largest absolute Gasteiger partial charge is 0.454 e. The van der Waals surface area contributed by atoms with E-state index in [1.54, 1.807) is 0 Å². The van der Waals surface area contributed by atoms with Crippen molar-refractivity contribution >= 4 is 70.5 Å². The van der Waals surface area contributed by atoms with E-state index in [0.717, 1.165) is 72.4 Å². The molecule has 0 saturated heterocycles. The van der Waals surface area contributed by atoms with Crippen molar-refractivity contribution in [1.82, 2.24) is 0 Å². The van der Waals surface area contributed by atoms with Crippen LogP contribution in [0.1, 0.15) is 0 Å². The molecule has 0 atom stereocenters. The average Bonchev–Trinajstić information content (AvgIpc) is 3.87. The predicted molar refractivity (Wildman–Crippen MR) is 243 cm³/mol. The van der Waals surface area contributed by atoms with Gasteiger partial charge in [0.05, 0.1) is 5.69 Å². The lowest BCUT2D eigenvalue weighted by molar-refractivity contribution is 0.669. The molecule has 2 nitrogen and oxygen atoms in total. The van der Waals surface area contributed by atoms with Gasteiger partial charge >= 0.3 is 0 Å². The fraction of sp³-hybridized carbons (Fsp3) is 0. The van der Waals surface area contributed by atoms with Crippen LogP contribution in [0.3, 0.4) is 0 Å². The second-order valence-corrected chi connectivity index (χ2v) is 15.6. The maximum atomic E-state index is 6.92. The third kappa shape index (κ3) is 5.88. The van der Waals surface area contributed by atoms with Crippen LogP contribution < -0.4 is 4.90 Å². The smallest absolute Gasteiger partial charge is 0.160 e. The van der Waals surface area contributed by atoms with Gasteiger partial charge in [-0.25, -0.2) is 0 Å². The summed E-state index contributed by atoms with van der Waals surface area (Å²) in [6.45, 7) is 0. The van der Waals surface area contributed by atoms with Gasteiger partial charge in [0, 0.05) is 42.3 Å². The molecule has 0 radical (unpaired) electrons. The molecule has 0 saturated carbocycles. The van der Waals surface area contributed by atoms with E-state index in [4.69, 9.17) is 4.42 Å². The monoisotopic (exact) mass is 745 g/mol. The zero-order valence-corrected chi connectivity index (χ0v) is 31.8. The molecule has 11 aromatic rings. The Bertz CT molecular complexity index is 3160. The van der Waals surface area contributed by atoms with Crippen LogP contribution in [0.4, 0.5) is 17.1 Å². The first kappa shape index (κ1) is 33.2. The van der Waals surface area contributed by atoms with Crippen molar-refractivity contribution in [2.24, 2.45) is 0 Å². The minimum absolute atomic E-state index is 0.850. The number of furan rings is 1. The van der Waals surface area contributed by atoms with Gasteiger partial charge in [-0.05, 0) is 99.1 Å². The zero-order valence-electron chi connectivity index (χ0n) is 31.0. The third-order valence-electron chi connectivity index (χ3n) is 11.1. The lowest BCUT2D eigenvalue weighted by Crippen LogP contribution is -2.11. The molecule has 9 aromatic carbocycles. The fourth-order valence-electron chi connectivity index (χ4n) is 8.32. The highest BCUT2D eigenvalue weighted by molar-refractivity contribution is 7.25. The van der Waals surface area contributed by atoms with Crippen molar-refractivity contribution in [2.75, 3.05) is 4.90 Å². The molecule has 0 amide bonds. The lowest BCUT2D eigenvalue weighted by atomic mass is 9.96. The molecule has 0 N–H and O–H groups in total. The number of anilines is 3. The van der Waals surface area contributed by atoms with Crippen molar-refractivity contribution in [1.29, 1.82) is 0 Å². The topological polar surface area (TPSA) is 16.4 Å². The van der Waals surface area contributed by atoms with Gasteiger partial charge in [0.1, 0.15) is 5.58 Å². The summed E-state index contributed by atoms with van der Waals surface area (Å²) in [5.41, 5.74) is 14.1. The summed E-state index contributed by atoms with van der Waals surface area (Å²) in [5.74, 6) is 0. The molecule has 0 fully saturated rings. The van der Waals surface area contributed by atoms with Gasteiger partial charge in [-0.3, -0.25) is 0 Å². The first-order chi connectivity index (χ1) is 28.2. The molecule has 2 heterocycles. The third-order valence-corrected chi connectivity index (χ3v) is 12.2. The second-order valence-electron chi connectivity index (χ2n) is 14.5. The molecule has 268 valence electrons. The maximum Gasteiger partial charge on any atom is 0.160 e. The Balaban J connectivity index is 1.14. The van der Waals surface area contributed by atoms with Crippen LogP contribution in [0.25, 0.3) is 86.6 Å². The Hall–Kier alpha value is -7.20. The molecule has 0 aliphatic rings. The quantitative estimate of drug-likeness (QED) is 0.162. The van der Waals surface area contributed by atoms with Crippen LogP contribution in [0.15, 0.2) is 217 Å². The molecule has 0 aliphatic carbocycles. The lowest BCUT2D eigenvalue weighted by Gasteiger charge is -2.27. The minimum atomic E-state index is 0.850. The van der Waals surface area contributed by atoms with Crippen molar-refractivity contribution in [3.8, 4) is 44.5 Å². The fourth-order valence-corrected chi connectivity index (χ4v) is 9.46. The number of hydrogen-bond donors (Lipinski definition) is 0. The SMILES string of the molecule is c1ccc(-c2cc(-c3ccccc3)cc(N(c3ccc(-c4ccc5c(c4)sc4ccccc45)cc3)c3ccc(-c4ccccc4)c4c3oc3ccccc34)c2)cc1. The summed E-state index contributed by atoms with van der Waals surface area (Å²) in [4.78, 5) is 2.37. The Kier molecular flexibility index (Phi) is 8.04. The Labute approximate surface area is 335 Å². The number of thiophene rings is 1. The van der Waals surface area contributed by atoms with Gasteiger partial charge in [-0.15, -0.1) is 11.3 Å². The molecule has 3 heteroatoms. The van der Waals surface area contributed by atoms with E-state index in [0.29, 0.717) is 0 Å². The van der Waals surface area contributed by atoms with Crippen LogP contribution in [-0.2, 0) is 0 Å². The molecule has 57 heavy (non-hydrogen) atoms. The first-order valence-electron chi connectivity index (χ1n) is 19.3. The summed E-state index contributed by atoms with van der Waals surface area (Å²) >= 11 is 1.86. The highest BCUT2D eigenvalue weighted by Crippen LogP contribution is 2.47. The highest BCUT2D eigenvalue weighted by atomic mass is 32.1. The molecule has 0 aliphatic heterocycles. The van der Waals surface area contributed by atoms with Gasteiger partial charge in [0.25, 0.3) is 0 Å². The average molecular weight is 746 g/mol. The van der Waals surface area contributed by atoms with Crippen molar-refractivity contribution in [3.63, 3.8) is 0 Å². The van der Waals surface area contributed by atoms with Crippen LogP contribution in [0, 0.1) is 0 Å². The zero-order chi connectivity index (χ0) is 37.7. The van der Waals surface area contributed by atoms with E-state index in [1.165, 1.54) is 31.3 Å². The van der Waals surface area contributed by atoms with E-state index in [-0.39, 0.29) is 0 Å². The summed E-state index contributed by atoms with van der Waals surface area (Å²) in [5, 5.41) is 4.83. The van der Waals surface area contributed by atoms with Gasteiger partial charge in [-0.2, -0.15) is 0 Å². The molecule has 0 spiro atoms. The van der Waals surface area contributed by atoms with Crippen molar-refractivity contribution < 1.29 is 4.42 Å². The Morgan fingerprint density at radius 1 is 0.351 bits per heavy atom. The number of hydrogen-bond acceptors (Lipinski definition) is 3. The normalized spacial score (nSPS) is 11.5. The number of benzene rings is 9. The van der Waals surface area contributed by atoms with Crippen LogP contribution in [0.5, 0.6) is 0 Å². The van der Waals surface area contributed by atoms with E-state index in [1.807, 2.05) is 11.3 Å². The Morgan fingerprint density at radius 3 is 1.61 bits per heavy atom. The van der Waals surface area contributed by atoms with Gasteiger partial charge in [0.2, 0.25) is 0 Å². The number of para-hydroxylation sites is 1. The van der Waals surface area contributed by atoms with Crippen molar-refractivity contribution in [2.45, 2.75) is 0 Å². The maximum absolute atomic E-state index is 6.92. The molecule has 0 bridgehead atoms. The van der Waals surface area contributed by atoms with Crippen molar-refractivity contribution in [3.05, 3.63) is 212 Å². The van der Waals surface area contributed by atoms with Gasteiger partial charge < -0.3 is 9.32 Å². The van der Waals surface area contributed by atoms with E-state index < -0.39 is 0 Å². The Morgan fingerprint density at radius 2 is 0.912 bits per heavy atom. The van der Waals surface area contributed by atoms with Gasteiger partial charge in [-0.1, -0.05) is 158 Å². The number of rotatable bonds is 7. The van der Waals surface area contributed by atoms with E-state index in [2.05, 4.69) is 217 Å². The molecular weight excluding hydrogens is 711 g/mol. The summed E-state index contributed by atoms with van der Waals surface area (Å²) in [6, 6.07) is 76.3. The predicted octanol–water partition coefficient (Wildman–Crippen LogP) is 16.1. The van der Waals surface area contributed by atoms with Crippen LogP contribution in [0.2, 0.25) is 0 Å². The molecule has 11 rings (SSSR count). The summed E-state index contributed by atoms with van der Waals surface area (Å²) < 4.78 is 9.54. The van der Waals surface area contributed by atoms with E-state index in [9.17, 15) is 0 Å². The molecule has 0 unspecified atom stereocenters. The van der Waals surface area contributed by atoms with E-state index >= 15 is 0 Å². The standard InChI is InChI=1S/C54H35NOS/c1-4-14-36(15-5-1)41-32-42(37-16-6-2-7-17-37)34-44(33-41)55(43-27-24-38(25-28-43)40-26-29-47-46-20-11-13-23-51(46)57-52(47)35-40)49-31-30-45(39-18-8-3-9-19-39)53-48-21-10-12-22-50(48)56-54(49)53/h1-35H. The van der Waals surface area contributed by atoms with Gasteiger partial charge in [0.15, 0.2) is 5.58 Å². The van der Waals surface area contributed by atoms with Crippen LogP contribution in [-0.4, -0.2) is 0 Å². The summed E-state index contributed by atoms with van der Waals surface area (Å²) in [7, 11) is 0.